The van der Waals surface area contributed by atoms with Crippen LogP contribution in [0.15, 0.2) is 0 Å². The van der Waals surface area contributed by atoms with Crippen molar-refractivity contribution >= 4 is 6.09 Å². The van der Waals surface area contributed by atoms with Crippen LogP contribution in [0, 0.1) is 0 Å². The first-order chi connectivity index (χ1) is 10.8. The molecule has 2 aliphatic rings. The molecule has 5 nitrogen and oxygen atoms in total. The largest absolute Gasteiger partial charge is 0.444 e. The van der Waals surface area contributed by atoms with E-state index in [0.29, 0.717) is 0 Å². The van der Waals surface area contributed by atoms with Crippen molar-refractivity contribution in [2.24, 2.45) is 0 Å². The molecule has 0 aromatic carbocycles. The summed E-state index contributed by atoms with van der Waals surface area (Å²) < 4.78 is 11.5. The predicted molar refractivity (Wildman–Crippen MR) is 91.6 cm³/mol. The maximum Gasteiger partial charge on any atom is 0.408 e. The van der Waals surface area contributed by atoms with Gasteiger partial charge >= 0.3 is 6.09 Å². The molecule has 1 aliphatic carbocycles. The van der Waals surface area contributed by atoms with Gasteiger partial charge < -0.3 is 20.1 Å². The van der Waals surface area contributed by atoms with E-state index in [4.69, 9.17) is 9.47 Å². The molecule has 0 aromatic rings. The minimum Gasteiger partial charge on any atom is -0.444 e. The van der Waals surface area contributed by atoms with Crippen LogP contribution in [0.25, 0.3) is 0 Å². The molecule has 1 saturated heterocycles. The molecular formula is C18H34N2O3. The van der Waals surface area contributed by atoms with Gasteiger partial charge in [-0.25, -0.2) is 4.79 Å². The van der Waals surface area contributed by atoms with Gasteiger partial charge in [0.25, 0.3) is 0 Å². The zero-order valence-corrected chi connectivity index (χ0v) is 15.3. The SMILES string of the molecule is COC1(CC2(NC(=O)OC(C)(C)C)CCCCC2)CCNCC1. The monoisotopic (exact) mass is 326 g/mol. The molecule has 0 radical (unpaired) electrons. The number of hydrogen-bond acceptors (Lipinski definition) is 4. The highest BCUT2D eigenvalue weighted by molar-refractivity contribution is 5.68. The second-order valence-corrected chi connectivity index (χ2v) is 8.28. The van der Waals surface area contributed by atoms with Gasteiger partial charge in [-0.15, -0.1) is 0 Å². The summed E-state index contributed by atoms with van der Waals surface area (Å²) in [6.07, 6.45) is 8.20. The molecule has 5 heteroatoms. The van der Waals surface area contributed by atoms with Crippen LogP contribution < -0.4 is 10.6 Å². The number of piperidine rings is 1. The van der Waals surface area contributed by atoms with Gasteiger partial charge in [0.05, 0.1) is 5.60 Å². The summed E-state index contributed by atoms with van der Waals surface area (Å²) in [5.41, 5.74) is -0.779. The normalized spacial score (nSPS) is 24.0. The third-order valence-corrected chi connectivity index (χ3v) is 5.19. The topological polar surface area (TPSA) is 59.6 Å². The summed E-state index contributed by atoms with van der Waals surface area (Å²) in [5.74, 6) is 0. The van der Waals surface area contributed by atoms with Crippen molar-refractivity contribution in [1.29, 1.82) is 0 Å². The zero-order valence-electron chi connectivity index (χ0n) is 15.3. The van der Waals surface area contributed by atoms with Crippen LogP contribution in [0.5, 0.6) is 0 Å². The van der Waals surface area contributed by atoms with Gasteiger partial charge in [0.15, 0.2) is 0 Å². The lowest BCUT2D eigenvalue weighted by Crippen LogP contribution is -2.57. The van der Waals surface area contributed by atoms with E-state index in [1.807, 2.05) is 27.9 Å². The van der Waals surface area contributed by atoms with Gasteiger partial charge in [0.2, 0.25) is 0 Å². The molecule has 2 fully saturated rings. The van der Waals surface area contributed by atoms with Gasteiger partial charge in [0, 0.05) is 12.6 Å². The number of nitrogens with one attached hydrogen (secondary N) is 2. The van der Waals surface area contributed by atoms with Crippen molar-refractivity contribution in [3.63, 3.8) is 0 Å². The Labute approximate surface area is 140 Å². The average Bonchev–Trinajstić information content (AvgIpc) is 2.46. The van der Waals surface area contributed by atoms with Crippen LogP contribution in [0.1, 0.15) is 72.1 Å². The molecule has 0 atom stereocenters. The summed E-state index contributed by atoms with van der Waals surface area (Å²) in [4.78, 5) is 12.4. The number of ether oxygens (including phenoxy) is 2. The fourth-order valence-corrected chi connectivity index (χ4v) is 4.05. The molecule has 1 saturated carbocycles. The molecule has 2 rings (SSSR count). The molecule has 0 spiro atoms. The molecule has 1 aliphatic heterocycles. The lowest BCUT2D eigenvalue weighted by Gasteiger charge is -2.46. The third-order valence-electron chi connectivity index (χ3n) is 5.19. The Balaban J connectivity index is 2.10. The Bertz CT molecular complexity index is 392. The number of rotatable bonds is 4. The minimum absolute atomic E-state index is 0.127. The van der Waals surface area contributed by atoms with Gasteiger partial charge in [0.1, 0.15) is 5.60 Å². The highest BCUT2D eigenvalue weighted by Gasteiger charge is 2.44. The van der Waals surface area contributed by atoms with Crippen LogP contribution in [0.4, 0.5) is 4.79 Å². The standard InChI is InChI=1S/C18H34N2O3/c1-16(2,3)23-15(21)20-17(8-6-5-7-9-17)14-18(22-4)10-12-19-13-11-18/h19H,5-14H2,1-4H3,(H,20,21). The number of carbonyl (C=O) groups excluding carboxylic acids is 1. The Kier molecular flexibility index (Phi) is 5.95. The zero-order chi connectivity index (χ0) is 17.0. The van der Waals surface area contributed by atoms with Gasteiger partial charge in [-0.3, -0.25) is 0 Å². The van der Waals surface area contributed by atoms with Crippen LogP contribution in [0.3, 0.4) is 0 Å². The van der Waals surface area contributed by atoms with Gasteiger partial charge in [-0.2, -0.15) is 0 Å². The van der Waals surface area contributed by atoms with E-state index >= 15 is 0 Å². The maximum absolute atomic E-state index is 12.4. The first kappa shape index (κ1) is 18.5. The molecule has 134 valence electrons. The van der Waals surface area contributed by atoms with Crippen molar-refractivity contribution < 1.29 is 14.3 Å². The summed E-state index contributed by atoms with van der Waals surface area (Å²) in [5, 5.41) is 6.64. The van der Waals surface area contributed by atoms with E-state index in [-0.39, 0.29) is 17.2 Å². The van der Waals surface area contributed by atoms with Crippen LogP contribution in [-0.4, -0.2) is 43.0 Å². The van der Waals surface area contributed by atoms with Crippen molar-refractivity contribution in [2.75, 3.05) is 20.2 Å². The Morgan fingerprint density at radius 3 is 2.22 bits per heavy atom. The first-order valence-electron chi connectivity index (χ1n) is 9.05. The second kappa shape index (κ2) is 7.39. The van der Waals surface area contributed by atoms with E-state index in [2.05, 4.69) is 10.6 Å². The molecule has 0 bridgehead atoms. The number of carbonyl (C=O) groups is 1. The predicted octanol–water partition coefficient (Wildman–Crippen LogP) is 3.37. The van der Waals surface area contributed by atoms with Gasteiger partial charge in [-0.05, 0) is 66.0 Å². The molecule has 23 heavy (non-hydrogen) atoms. The van der Waals surface area contributed by atoms with Crippen LogP contribution in [0.2, 0.25) is 0 Å². The minimum atomic E-state index is -0.465. The fourth-order valence-electron chi connectivity index (χ4n) is 4.05. The molecule has 1 amide bonds. The lowest BCUT2D eigenvalue weighted by atomic mass is 9.72. The average molecular weight is 326 g/mol. The number of hydrogen-bond donors (Lipinski definition) is 2. The Morgan fingerprint density at radius 2 is 1.70 bits per heavy atom. The summed E-state index contributed by atoms with van der Waals surface area (Å²) in [7, 11) is 1.81. The fraction of sp³-hybridized carbons (Fsp3) is 0.944. The summed E-state index contributed by atoms with van der Waals surface area (Å²) in [6.45, 7) is 7.68. The highest BCUT2D eigenvalue weighted by atomic mass is 16.6. The molecule has 0 aromatic heterocycles. The smallest absolute Gasteiger partial charge is 0.408 e. The number of methoxy groups -OCH3 is 1. The van der Waals surface area contributed by atoms with Crippen molar-refractivity contribution in [2.45, 2.75) is 88.9 Å². The Hall–Kier alpha value is -0.810. The van der Waals surface area contributed by atoms with Crippen LogP contribution in [-0.2, 0) is 9.47 Å². The van der Waals surface area contributed by atoms with E-state index in [1.165, 1.54) is 6.42 Å². The second-order valence-electron chi connectivity index (χ2n) is 8.28. The summed E-state index contributed by atoms with van der Waals surface area (Å²) in [6, 6.07) is 0. The quantitative estimate of drug-likeness (QED) is 0.831. The van der Waals surface area contributed by atoms with Crippen molar-refractivity contribution in [3.05, 3.63) is 0 Å². The van der Waals surface area contributed by atoms with Crippen LogP contribution >= 0.6 is 0 Å². The number of amides is 1. The lowest BCUT2D eigenvalue weighted by molar-refractivity contribution is -0.0650. The summed E-state index contributed by atoms with van der Waals surface area (Å²) >= 11 is 0. The highest BCUT2D eigenvalue weighted by Crippen LogP contribution is 2.39. The van der Waals surface area contributed by atoms with Crippen molar-refractivity contribution in [1.82, 2.24) is 10.6 Å². The maximum atomic E-state index is 12.4. The Morgan fingerprint density at radius 1 is 1.09 bits per heavy atom. The molecular weight excluding hydrogens is 292 g/mol. The molecule has 0 unspecified atom stereocenters. The van der Waals surface area contributed by atoms with E-state index < -0.39 is 5.60 Å². The molecule has 2 N–H and O–H groups in total. The third kappa shape index (κ3) is 5.35. The molecule has 1 heterocycles. The van der Waals surface area contributed by atoms with Gasteiger partial charge in [-0.1, -0.05) is 19.3 Å². The van der Waals surface area contributed by atoms with E-state index in [1.54, 1.807) is 0 Å². The van der Waals surface area contributed by atoms with Crippen molar-refractivity contribution in [3.8, 4) is 0 Å². The first-order valence-corrected chi connectivity index (χ1v) is 9.05. The van der Waals surface area contributed by atoms with E-state index in [0.717, 1.165) is 58.0 Å². The van der Waals surface area contributed by atoms with E-state index in [9.17, 15) is 4.79 Å². The number of alkyl carbamates (subject to hydrolysis) is 1.